The molecule has 0 aromatic heterocycles. The fourth-order valence-electron chi connectivity index (χ4n) is 1.06. The quantitative estimate of drug-likeness (QED) is 0.412. The molecule has 4 heteroatoms. The zero-order valence-corrected chi connectivity index (χ0v) is 9.01. The van der Waals surface area contributed by atoms with Crippen LogP contribution in [-0.4, -0.2) is 41.2 Å². The summed E-state index contributed by atoms with van der Waals surface area (Å²) in [5.74, 6) is -0.287. The number of carbonyl (C=O) groups excluding carboxylic acids is 1. The molecule has 74 valence electrons. The molecule has 1 aromatic rings. The Labute approximate surface area is 98.7 Å². The predicted octanol–water partition coefficient (Wildman–Crippen LogP) is 1.16. The summed E-state index contributed by atoms with van der Waals surface area (Å²) in [5, 5.41) is 0.393. The molecule has 0 unspecified atom stereocenters. The van der Waals surface area contributed by atoms with Crippen LogP contribution in [0.25, 0.3) is 0 Å². The Morgan fingerprint density at radius 2 is 2.20 bits per heavy atom. The number of aliphatic imine (C=N–C) groups is 1. The van der Waals surface area contributed by atoms with Crippen LogP contribution in [0.15, 0.2) is 35.3 Å². The number of hydrogen-bond acceptors (Lipinski definition) is 3. The van der Waals surface area contributed by atoms with E-state index in [9.17, 15) is 4.79 Å². The molecule has 0 aliphatic heterocycles. The van der Waals surface area contributed by atoms with Gasteiger partial charge in [0.1, 0.15) is 0 Å². The summed E-state index contributed by atoms with van der Waals surface area (Å²) in [4.78, 5) is 15.3. The van der Waals surface area contributed by atoms with Crippen LogP contribution in [0.4, 0.5) is 0 Å². The van der Waals surface area contributed by atoms with Gasteiger partial charge in [0.05, 0.1) is 0 Å². The third kappa shape index (κ3) is 4.33. The first-order chi connectivity index (χ1) is 7.24. The predicted molar refractivity (Wildman–Crippen MR) is 60.2 cm³/mol. The van der Waals surface area contributed by atoms with E-state index in [0.29, 0.717) is 5.28 Å². The van der Waals surface area contributed by atoms with Gasteiger partial charge in [-0.05, 0) is 0 Å². The molecule has 15 heavy (non-hydrogen) atoms. The fourth-order valence-corrected chi connectivity index (χ4v) is 1.06. The second-order valence-corrected chi connectivity index (χ2v) is 3.12. The normalized spacial score (nSPS) is 12.7. The zero-order chi connectivity index (χ0) is 11.1. The Hall–Kier alpha value is -1.04. The Bertz CT molecular complexity index is 338. The van der Waals surface area contributed by atoms with Crippen LogP contribution in [0.3, 0.4) is 0 Å². The molecule has 0 aliphatic carbocycles. The second kappa shape index (κ2) is 6.44. The van der Waals surface area contributed by atoms with Gasteiger partial charge in [-0.3, -0.25) is 0 Å². The van der Waals surface area contributed by atoms with Crippen molar-refractivity contribution in [2.75, 3.05) is 5.28 Å². The molecule has 0 saturated carbocycles. The van der Waals surface area contributed by atoms with Crippen molar-refractivity contribution < 1.29 is 9.53 Å². The van der Waals surface area contributed by atoms with Gasteiger partial charge >= 0.3 is 98.6 Å². The summed E-state index contributed by atoms with van der Waals surface area (Å²) in [6, 6.07) is 9.21. The molecule has 3 nitrogen and oxygen atoms in total. The first-order valence-corrected chi connectivity index (χ1v) is 4.99. The maximum absolute atomic E-state index is 11.2. The van der Waals surface area contributed by atoms with Crippen molar-refractivity contribution in [1.82, 2.24) is 0 Å². The van der Waals surface area contributed by atoms with E-state index in [0.717, 1.165) is 5.56 Å². The third-order valence-electron chi connectivity index (χ3n) is 1.87. The van der Waals surface area contributed by atoms with Crippen molar-refractivity contribution in [1.29, 1.82) is 0 Å². The zero-order valence-electron chi connectivity index (χ0n) is 9.01. The van der Waals surface area contributed by atoms with Gasteiger partial charge < -0.3 is 0 Å². The number of hydrogen-bond donors (Lipinski definition) is 0. The summed E-state index contributed by atoms with van der Waals surface area (Å²) in [6.07, 6.45) is 1.68. The number of ether oxygens (including phenoxy) is 1. The summed E-state index contributed by atoms with van der Waals surface area (Å²) in [6.45, 7) is 1.72. The second-order valence-electron chi connectivity index (χ2n) is 3.12. The van der Waals surface area contributed by atoms with E-state index in [1.54, 1.807) is 30.9 Å². The van der Waals surface area contributed by atoms with Gasteiger partial charge in [0.15, 0.2) is 0 Å². The van der Waals surface area contributed by atoms with Gasteiger partial charge in [-0.1, -0.05) is 0 Å². The van der Waals surface area contributed by atoms with E-state index in [1.165, 1.54) is 0 Å². The molecule has 0 heterocycles. The molecule has 0 aliphatic rings. The van der Waals surface area contributed by atoms with Gasteiger partial charge in [0, 0.05) is 0 Å². The number of esters is 1. The van der Waals surface area contributed by atoms with Crippen LogP contribution in [0, 0.1) is 0 Å². The Morgan fingerprint density at radius 3 is 2.80 bits per heavy atom. The van der Waals surface area contributed by atoms with E-state index >= 15 is 0 Å². The van der Waals surface area contributed by atoms with Crippen molar-refractivity contribution in [3.63, 3.8) is 0 Å². The van der Waals surface area contributed by atoms with Gasteiger partial charge in [0.2, 0.25) is 0 Å². The molecule has 0 N–H and O–H groups in total. The van der Waals surface area contributed by atoms with Crippen molar-refractivity contribution in [2.24, 2.45) is 4.99 Å². The topological polar surface area (TPSA) is 38.7 Å². The Kier molecular flexibility index (Phi) is 5.17. The average molecular weight is 197 g/mol. The maximum atomic E-state index is 11.2. The van der Waals surface area contributed by atoms with E-state index in [1.807, 2.05) is 30.3 Å². The number of carbonyl (C=O) groups is 1. The molecule has 0 fully saturated rings. The van der Waals surface area contributed by atoms with Crippen molar-refractivity contribution in [3.8, 4) is 0 Å². The van der Waals surface area contributed by atoms with Crippen molar-refractivity contribution >= 4 is 29.9 Å². The number of nitrogens with zero attached hydrogens (tertiary/aromatic N) is 1. The molecule has 1 aromatic carbocycles. The first kappa shape index (κ1) is 12.0. The molecule has 0 saturated heterocycles. The molecule has 0 bridgehead atoms. The molecule has 1 rings (SSSR count). The van der Waals surface area contributed by atoms with Gasteiger partial charge in [-0.2, -0.15) is 0 Å². The van der Waals surface area contributed by atoms with E-state index < -0.39 is 6.04 Å². The average Bonchev–Trinajstić information content (AvgIpc) is 2.27. The third-order valence-corrected chi connectivity index (χ3v) is 1.87. The minimum atomic E-state index is -0.440. The molecule has 0 amide bonds. The molecule has 0 spiro atoms. The molecule has 0 radical (unpaired) electrons. The monoisotopic (exact) mass is 197 g/mol. The van der Waals surface area contributed by atoms with Crippen molar-refractivity contribution in [3.05, 3.63) is 35.9 Å². The molecule has 1 atom stereocenters. The van der Waals surface area contributed by atoms with Crippen LogP contribution in [-0.2, 0) is 9.53 Å². The summed E-state index contributed by atoms with van der Waals surface area (Å²) >= 11 is 1.78. The Morgan fingerprint density at radius 1 is 1.53 bits per heavy atom. The fraction of sp³-hybridized carbons (Fsp3) is 0.273. The van der Waals surface area contributed by atoms with Crippen LogP contribution in [0.2, 0.25) is 0 Å². The molecular weight excluding hydrogens is 185 g/mol. The van der Waals surface area contributed by atoms with E-state index in [2.05, 4.69) is 4.99 Å². The Balaban J connectivity index is 2.54. The summed E-state index contributed by atoms with van der Waals surface area (Å²) in [5.41, 5.74) is 0.980. The summed E-state index contributed by atoms with van der Waals surface area (Å²) < 4.78 is 4.84. The standard InChI is InChI=1S/C11H12NO2.Li/c1-9(11(13)14-2)12-8-10-6-4-3-5-7-10;/h3-9H,2H2,1H3;/t9-;/m0./s1. The SMILES string of the molecule is [Li][CH2]OC(=O)[C@H](C)N=Cc1ccccc1. The van der Waals surface area contributed by atoms with Crippen LogP contribution >= 0.6 is 0 Å². The van der Waals surface area contributed by atoms with Crippen LogP contribution in [0.1, 0.15) is 12.5 Å². The number of benzene rings is 1. The van der Waals surface area contributed by atoms with E-state index in [4.69, 9.17) is 4.74 Å². The number of rotatable bonds is 4. The van der Waals surface area contributed by atoms with Gasteiger partial charge in [0.25, 0.3) is 0 Å². The molecular formula is C11H12LiNO2. The summed E-state index contributed by atoms with van der Waals surface area (Å²) in [7, 11) is 0. The minimum absolute atomic E-state index is 0.287. The first-order valence-electron chi connectivity index (χ1n) is 4.99. The van der Waals surface area contributed by atoms with E-state index in [-0.39, 0.29) is 5.97 Å². The van der Waals surface area contributed by atoms with Crippen molar-refractivity contribution in [2.45, 2.75) is 13.0 Å². The van der Waals surface area contributed by atoms with Crippen LogP contribution in [0.5, 0.6) is 0 Å². The van der Waals surface area contributed by atoms with Gasteiger partial charge in [-0.15, -0.1) is 0 Å². The van der Waals surface area contributed by atoms with Crippen LogP contribution < -0.4 is 0 Å². The van der Waals surface area contributed by atoms with Gasteiger partial charge in [-0.25, -0.2) is 0 Å².